The molecule has 0 saturated heterocycles. The van der Waals surface area contributed by atoms with Crippen molar-refractivity contribution in [1.29, 1.82) is 5.26 Å². The van der Waals surface area contributed by atoms with Gasteiger partial charge in [-0.3, -0.25) is 0 Å². The van der Waals surface area contributed by atoms with Crippen LogP contribution in [0.2, 0.25) is 0 Å². The summed E-state index contributed by atoms with van der Waals surface area (Å²) in [5.74, 6) is -0.977. The first-order valence-corrected chi connectivity index (χ1v) is 7.74. The van der Waals surface area contributed by atoms with Gasteiger partial charge in [0.2, 0.25) is 0 Å². The van der Waals surface area contributed by atoms with E-state index >= 15 is 0 Å². The Morgan fingerprint density at radius 2 is 2.14 bits per heavy atom. The summed E-state index contributed by atoms with van der Waals surface area (Å²) in [7, 11) is 0. The highest BCUT2D eigenvalue weighted by atomic mass is 127. The van der Waals surface area contributed by atoms with E-state index < -0.39 is 5.97 Å². The van der Waals surface area contributed by atoms with Crippen molar-refractivity contribution >= 4 is 28.6 Å². The molecule has 0 atom stereocenters. The van der Waals surface area contributed by atoms with Gasteiger partial charge in [-0.1, -0.05) is 0 Å². The molecule has 0 amide bonds. The molecule has 0 radical (unpaired) electrons. The molecule has 5 nitrogen and oxygen atoms in total. The van der Waals surface area contributed by atoms with Gasteiger partial charge in [-0.05, 0) is 66.5 Å². The van der Waals surface area contributed by atoms with Crippen molar-refractivity contribution in [2.75, 3.05) is 0 Å². The molecule has 1 aromatic carbocycles. The second kappa shape index (κ2) is 5.48. The lowest BCUT2D eigenvalue weighted by atomic mass is 9.95. The number of carboxylic acids is 1. The number of benzene rings is 1. The molecule has 1 N–H and O–H groups in total. The van der Waals surface area contributed by atoms with Crippen LogP contribution in [0.25, 0.3) is 5.69 Å². The molecule has 0 spiro atoms. The lowest BCUT2D eigenvalue weighted by Gasteiger charge is -2.14. The summed E-state index contributed by atoms with van der Waals surface area (Å²) in [6.45, 7) is 0. The van der Waals surface area contributed by atoms with Crippen molar-refractivity contribution in [3.05, 3.63) is 44.3 Å². The van der Waals surface area contributed by atoms with Gasteiger partial charge in [-0.2, -0.15) is 10.4 Å². The highest BCUT2D eigenvalue weighted by molar-refractivity contribution is 14.1. The molecule has 0 bridgehead atoms. The van der Waals surface area contributed by atoms with Crippen LogP contribution in [0.15, 0.2) is 18.2 Å². The molecule has 3 rings (SSSR count). The van der Waals surface area contributed by atoms with Crippen LogP contribution in [0.4, 0.5) is 0 Å². The van der Waals surface area contributed by atoms with E-state index in [1.807, 2.05) is 12.1 Å². The van der Waals surface area contributed by atoms with Gasteiger partial charge in [-0.15, -0.1) is 0 Å². The molecule has 1 aliphatic carbocycles. The molecule has 1 aliphatic rings. The van der Waals surface area contributed by atoms with E-state index in [2.05, 4.69) is 33.8 Å². The van der Waals surface area contributed by atoms with E-state index in [0.29, 0.717) is 5.56 Å². The SMILES string of the molecule is N#Cc1ccc(-n2nc(C(=O)O)c3c2CCCC3)cc1I. The van der Waals surface area contributed by atoms with Crippen LogP contribution >= 0.6 is 22.6 Å². The smallest absolute Gasteiger partial charge is 0.356 e. The van der Waals surface area contributed by atoms with Crippen molar-refractivity contribution in [2.24, 2.45) is 0 Å². The number of rotatable bonds is 2. The summed E-state index contributed by atoms with van der Waals surface area (Å²) in [5, 5.41) is 22.6. The maximum atomic E-state index is 11.4. The first kappa shape index (κ1) is 14.1. The third-order valence-electron chi connectivity index (χ3n) is 3.70. The lowest BCUT2D eigenvalue weighted by Crippen LogP contribution is -2.08. The standard InChI is InChI=1S/C15H12IN3O2/c16-12-7-10(6-5-9(12)8-17)19-13-4-2-1-3-11(13)14(18-19)15(20)21/h5-7H,1-4H2,(H,20,21). The number of nitriles is 1. The zero-order chi connectivity index (χ0) is 15.0. The van der Waals surface area contributed by atoms with Crippen LogP contribution in [-0.2, 0) is 12.8 Å². The Hall–Kier alpha value is -1.88. The molecule has 6 heteroatoms. The molecule has 0 saturated carbocycles. The number of aromatic nitrogens is 2. The van der Waals surface area contributed by atoms with Crippen molar-refractivity contribution < 1.29 is 9.90 Å². The van der Waals surface area contributed by atoms with E-state index in [0.717, 1.165) is 46.2 Å². The van der Waals surface area contributed by atoms with E-state index in [4.69, 9.17) is 5.26 Å². The first-order chi connectivity index (χ1) is 10.1. The summed E-state index contributed by atoms with van der Waals surface area (Å²) < 4.78 is 2.56. The average Bonchev–Trinajstić information content (AvgIpc) is 2.87. The fourth-order valence-electron chi connectivity index (χ4n) is 2.71. The van der Waals surface area contributed by atoms with Gasteiger partial charge in [-0.25, -0.2) is 9.48 Å². The second-order valence-corrected chi connectivity index (χ2v) is 6.14. The molecule has 106 valence electrons. The summed E-state index contributed by atoms with van der Waals surface area (Å²) in [6, 6.07) is 7.55. The highest BCUT2D eigenvalue weighted by Gasteiger charge is 2.25. The molecule has 0 fully saturated rings. The van der Waals surface area contributed by atoms with Crippen LogP contribution in [0.5, 0.6) is 0 Å². The predicted molar refractivity (Wildman–Crippen MR) is 84.6 cm³/mol. The van der Waals surface area contributed by atoms with Crippen LogP contribution in [0.1, 0.15) is 40.2 Å². The molecule has 1 heterocycles. The van der Waals surface area contributed by atoms with Gasteiger partial charge in [0.05, 0.1) is 11.3 Å². The average molecular weight is 393 g/mol. The van der Waals surface area contributed by atoms with Gasteiger partial charge in [0, 0.05) is 14.8 Å². The fraction of sp³-hybridized carbons (Fsp3) is 0.267. The minimum atomic E-state index is -0.977. The van der Waals surface area contributed by atoms with Gasteiger partial charge >= 0.3 is 5.97 Å². The van der Waals surface area contributed by atoms with Crippen LogP contribution in [0.3, 0.4) is 0 Å². The number of halogens is 1. The zero-order valence-electron chi connectivity index (χ0n) is 11.1. The highest BCUT2D eigenvalue weighted by Crippen LogP contribution is 2.28. The maximum Gasteiger partial charge on any atom is 0.356 e. The number of nitrogens with zero attached hydrogens (tertiary/aromatic N) is 3. The van der Waals surface area contributed by atoms with Crippen LogP contribution < -0.4 is 0 Å². The number of hydrogen-bond donors (Lipinski definition) is 1. The molecule has 1 aromatic heterocycles. The number of aromatic carboxylic acids is 1. The minimum Gasteiger partial charge on any atom is -0.476 e. The largest absolute Gasteiger partial charge is 0.476 e. The molecular weight excluding hydrogens is 381 g/mol. The van der Waals surface area contributed by atoms with Gasteiger partial charge in [0.1, 0.15) is 6.07 Å². The third kappa shape index (κ3) is 2.42. The fourth-order valence-corrected chi connectivity index (χ4v) is 3.33. The third-order valence-corrected chi connectivity index (χ3v) is 4.59. The summed E-state index contributed by atoms with van der Waals surface area (Å²) >= 11 is 2.11. The number of carbonyl (C=O) groups is 1. The van der Waals surface area contributed by atoms with E-state index in [-0.39, 0.29) is 5.69 Å². The maximum absolute atomic E-state index is 11.4. The normalized spacial score (nSPS) is 13.5. The quantitative estimate of drug-likeness (QED) is 0.796. The van der Waals surface area contributed by atoms with Crippen LogP contribution in [-0.4, -0.2) is 20.9 Å². The number of fused-ring (bicyclic) bond motifs is 1. The van der Waals surface area contributed by atoms with E-state index in [1.165, 1.54) is 0 Å². The number of hydrogen-bond acceptors (Lipinski definition) is 3. The Bertz CT molecular complexity index is 774. The predicted octanol–water partition coefficient (Wildman–Crippen LogP) is 2.93. The van der Waals surface area contributed by atoms with Gasteiger partial charge < -0.3 is 5.11 Å². The van der Waals surface area contributed by atoms with Gasteiger partial charge in [0.25, 0.3) is 0 Å². The summed E-state index contributed by atoms with van der Waals surface area (Å²) in [4.78, 5) is 11.4. The first-order valence-electron chi connectivity index (χ1n) is 6.66. The summed E-state index contributed by atoms with van der Waals surface area (Å²) in [6.07, 6.45) is 3.66. The van der Waals surface area contributed by atoms with Gasteiger partial charge in [0.15, 0.2) is 5.69 Å². The van der Waals surface area contributed by atoms with Crippen molar-refractivity contribution in [3.8, 4) is 11.8 Å². The second-order valence-electron chi connectivity index (χ2n) is 4.97. The Labute approximate surface area is 135 Å². The van der Waals surface area contributed by atoms with Crippen molar-refractivity contribution in [2.45, 2.75) is 25.7 Å². The molecule has 0 unspecified atom stereocenters. The van der Waals surface area contributed by atoms with Crippen molar-refractivity contribution in [1.82, 2.24) is 9.78 Å². The molecule has 21 heavy (non-hydrogen) atoms. The van der Waals surface area contributed by atoms with Crippen LogP contribution in [0, 0.1) is 14.9 Å². The summed E-state index contributed by atoms with van der Waals surface area (Å²) in [5.41, 5.74) is 3.42. The van der Waals surface area contributed by atoms with E-state index in [9.17, 15) is 9.90 Å². The zero-order valence-corrected chi connectivity index (χ0v) is 13.3. The van der Waals surface area contributed by atoms with Crippen molar-refractivity contribution in [3.63, 3.8) is 0 Å². The Balaban J connectivity index is 2.17. The molecule has 2 aromatic rings. The Morgan fingerprint density at radius 3 is 2.81 bits per heavy atom. The monoisotopic (exact) mass is 393 g/mol. The van der Waals surface area contributed by atoms with E-state index in [1.54, 1.807) is 10.7 Å². The number of carboxylic acid groups (broad SMARTS) is 1. The Kier molecular flexibility index (Phi) is 3.68. The molecule has 0 aliphatic heterocycles. The Morgan fingerprint density at radius 1 is 1.38 bits per heavy atom. The molecular formula is C15H12IN3O2. The lowest BCUT2D eigenvalue weighted by molar-refractivity contribution is 0.0688. The minimum absolute atomic E-state index is 0.157. The topological polar surface area (TPSA) is 78.9 Å².